The summed E-state index contributed by atoms with van der Waals surface area (Å²) in [5.41, 5.74) is 0.198. The smallest absolute Gasteiger partial charge is 0.387 e. The van der Waals surface area contributed by atoms with Crippen molar-refractivity contribution in [1.29, 1.82) is 0 Å². The van der Waals surface area contributed by atoms with Gasteiger partial charge in [-0.3, -0.25) is 4.99 Å². The minimum Gasteiger partial charge on any atom is -0.434 e. The molecular formula is C17H25ClF2IN3O3. The Labute approximate surface area is 180 Å². The molecule has 1 aliphatic rings. The Morgan fingerprint density at radius 2 is 2.04 bits per heavy atom. The summed E-state index contributed by atoms with van der Waals surface area (Å²) in [4.78, 5) is 4.15. The molecule has 10 heteroatoms. The van der Waals surface area contributed by atoms with Gasteiger partial charge in [-0.05, 0) is 18.2 Å². The minimum atomic E-state index is -2.90. The minimum absolute atomic E-state index is 0. The van der Waals surface area contributed by atoms with Crippen LogP contribution in [0.3, 0.4) is 0 Å². The van der Waals surface area contributed by atoms with Gasteiger partial charge in [0.25, 0.3) is 0 Å². The number of guanidine groups is 1. The summed E-state index contributed by atoms with van der Waals surface area (Å²) < 4.78 is 40.7. The summed E-state index contributed by atoms with van der Waals surface area (Å²) in [6.45, 7) is -0.813. The van der Waals surface area contributed by atoms with Crippen LogP contribution < -0.4 is 15.4 Å². The van der Waals surface area contributed by atoms with Gasteiger partial charge in [0.15, 0.2) is 5.96 Å². The van der Waals surface area contributed by atoms with E-state index in [1.165, 1.54) is 12.1 Å². The van der Waals surface area contributed by atoms with Gasteiger partial charge >= 0.3 is 6.61 Å². The molecule has 0 radical (unpaired) electrons. The van der Waals surface area contributed by atoms with Crippen LogP contribution >= 0.6 is 35.6 Å². The van der Waals surface area contributed by atoms with Gasteiger partial charge in [0.1, 0.15) is 5.75 Å². The van der Waals surface area contributed by atoms with E-state index >= 15 is 0 Å². The predicted molar refractivity (Wildman–Crippen MR) is 111 cm³/mol. The van der Waals surface area contributed by atoms with E-state index in [2.05, 4.69) is 20.4 Å². The molecule has 0 amide bonds. The van der Waals surface area contributed by atoms with E-state index in [9.17, 15) is 8.78 Å². The molecule has 0 aliphatic carbocycles. The summed E-state index contributed by atoms with van der Waals surface area (Å²) in [6.07, 6.45) is 1.57. The molecule has 2 rings (SSSR count). The van der Waals surface area contributed by atoms with Crippen LogP contribution in [0.2, 0.25) is 5.02 Å². The summed E-state index contributed by atoms with van der Waals surface area (Å²) in [6, 6.07) is 4.50. The van der Waals surface area contributed by atoms with Crippen LogP contribution in [0.25, 0.3) is 0 Å². The number of hydrogen-bond donors (Lipinski definition) is 2. The van der Waals surface area contributed by atoms with Gasteiger partial charge in [-0.15, -0.1) is 24.0 Å². The van der Waals surface area contributed by atoms with Crippen LogP contribution in [0.15, 0.2) is 23.2 Å². The van der Waals surface area contributed by atoms with Crippen molar-refractivity contribution in [2.75, 3.05) is 33.9 Å². The molecule has 1 fully saturated rings. The Bertz CT molecular complexity index is 617. The molecule has 1 aromatic carbocycles. The quantitative estimate of drug-likeness (QED) is 0.328. The Balaban J connectivity index is 0.00000364. The number of halogens is 4. The van der Waals surface area contributed by atoms with E-state index < -0.39 is 6.61 Å². The SMILES string of the molecule is CN=C(NCc1cc(Cl)ccc1OC(F)F)NCC1(OC)CCOCC1.I. The van der Waals surface area contributed by atoms with E-state index in [0.29, 0.717) is 36.3 Å². The first-order valence-corrected chi connectivity index (χ1v) is 8.66. The number of nitrogens with one attached hydrogen (secondary N) is 2. The maximum Gasteiger partial charge on any atom is 0.387 e. The maximum absolute atomic E-state index is 12.5. The van der Waals surface area contributed by atoms with Gasteiger partial charge in [-0.2, -0.15) is 8.78 Å². The molecule has 0 aromatic heterocycles. The summed E-state index contributed by atoms with van der Waals surface area (Å²) in [7, 11) is 3.32. The number of hydrogen-bond acceptors (Lipinski definition) is 4. The first-order valence-electron chi connectivity index (χ1n) is 8.29. The number of methoxy groups -OCH3 is 1. The Hall–Kier alpha value is -0.910. The van der Waals surface area contributed by atoms with E-state index in [-0.39, 0.29) is 41.9 Å². The molecule has 0 unspecified atom stereocenters. The highest BCUT2D eigenvalue weighted by molar-refractivity contribution is 14.0. The van der Waals surface area contributed by atoms with Crippen LogP contribution in [0.5, 0.6) is 5.75 Å². The number of benzene rings is 1. The number of nitrogens with zero attached hydrogens (tertiary/aromatic N) is 1. The fourth-order valence-electron chi connectivity index (χ4n) is 2.74. The number of rotatable bonds is 7. The highest BCUT2D eigenvalue weighted by atomic mass is 127. The third kappa shape index (κ3) is 7.55. The first-order chi connectivity index (χ1) is 12.5. The molecular weight excluding hydrogens is 495 g/mol. The van der Waals surface area contributed by atoms with Crippen molar-refractivity contribution in [2.45, 2.75) is 31.6 Å². The van der Waals surface area contributed by atoms with Crippen molar-refractivity contribution in [3.63, 3.8) is 0 Å². The van der Waals surface area contributed by atoms with Crippen molar-refractivity contribution in [1.82, 2.24) is 10.6 Å². The Kier molecular flexibility index (Phi) is 10.6. The van der Waals surface area contributed by atoms with Gasteiger partial charge in [0.05, 0.1) is 5.60 Å². The zero-order valence-corrected chi connectivity index (χ0v) is 18.4. The molecule has 1 aliphatic heterocycles. The fourth-order valence-corrected chi connectivity index (χ4v) is 2.93. The van der Waals surface area contributed by atoms with E-state index in [1.807, 2.05) is 0 Å². The van der Waals surface area contributed by atoms with E-state index in [4.69, 9.17) is 21.1 Å². The van der Waals surface area contributed by atoms with Crippen molar-refractivity contribution in [2.24, 2.45) is 4.99 Å². The molecule has 27 heavy (non-hydrogen) atoms. The second-order valence-corrected chi connectivity index (χ2v) is 6.35. The van der Waals surface area contributed by atoms with Crippen LogP contribution in [0.1, 0.15) is 18.4 Å². The lowest BCUT2D eigenvalue weighted by Gasteiger charge is -2.36. The number of alkyl halides is 2. The topological polar surface area (TPSA) is 64.1 Å². The van der Waals surface area contributed by atoms with Crippen molar-refractivity contribution in [3.05, 3.63) is 28.8 Å². The van der Waals surface area contributed by atoms with Crippen LogP contribution in [-0.2, 0) is 16.0 Å². The van der Waals surface area contributed by atoms with Crippen molar-refractivity contribution >= 4 is 41.5 Å². The average Bonchev–Trinajstić information content (AvgIpc) is 2.64. The molecule has 0 spiro atoms. The summed E-state index contributed by atoms with van der Waals surface area (Å²) in [5.74, 6) is 0.598. The standard InChI is InChI=1S/C17H24ClF2N3O3.HI/c1-21-16(23-11-17(24-2)5-7-25-8-6-17)22-10-12-9-13(18)3-4-14(12)26-15(19)20;/h3-4,9,15H,5-8,10-11H2,1-2H3,(H2,21,22,23);1H. The molecule has 2 N–H and O–H groups in total. The average molecular weight is 520 g/mol. The lowest BCUT2D eigenvalue weighted by atomic mass is 9.94. The Morgan fingerprint density at radius 3 is 2.63 bits per heavy atom. The lowest BCUT2D eigenvalue weighted by molar-refractivity contribution is -0.0855. The van der Waals surface area contributed by atoms with Crippen molar-refractivity contribution < 1.29 is 23.0 Å². The van der Waals surface area contributed by atoms with Gasteiger partial charge < -0.3 is 24.8 Å². The fraction of sp³-hybridized carbons (Fsp3) is 0.588. The molecule has 6 nitrogen and oxygen atoms in total. The highest BCUT2D eigenvalue weighted by Gasteiger charge is 2.32. The highest BCUT2D eigenvalue weighted by Crippen LogP contribution is 2.25. The second-order valence-electron chi connectivity index (χ2n) is 5.91. The zero-order valence-electron chi connectivity index (χ0n) is 15.3. The van der Waals surface area contributed by atoms with Gasteiger partial charge in [0, 0.05) is 63.9 Å². The largest absolute Gasteiger partial charge is 0.434 e. The monoisotopic (exact) mass is 519 g/mol. The van der Waals surface area contributed by atoms with E-state index in [1.54, 1.807) is 20.2 Å². The third-order valence-electron chi connectivity index (χ3n) is 4.32. The van der Waals surface area contributed by atoms with Crippen LogP contribution in [0.4, 0.5) is 8.78 Å². The maximum atomic E-state index is 12.5. The second kappa shape index (κ2) is 11.8. The van der Waals surface area contributed by atoms with Gasteiger partial charge in [0.2, 0.25) is 0 Å². The summed E-state index contributed by atoms with van der Waals surface area (Å²) in [5, 5.41) is 6.73. The molecule has 1 heterocycles. The summed E-state index contributed by atoms with van der Waals surface area (Å²) >= 11 is 5.96. The van der Waals surface area contributed by atoms with Gasteiger partial charge in [-0.25, -0.2) is 0 Å². The van der Waals surface area contributed by atoms with Crippen LogP contribution in [-0.4, -0.2) is 52.1 Å². The number of ether oxygens (including phenoxy) is 3. The number of aliphatic imine (C=N–C) groups is 1. The predicted octanol–water partition coefficient (Wildman–Crippen LogP) is 3.42. The molecule has 0 saturated carbocycles. The Morgan fingerprint density at radius 1 is 1.33 bits per heavy atom. The van der Waals surface area contributed by atoms with Gasteiger partial charge in [-0.1, -0.05) is 11.6 Å². The molecule has 1 saturated heterocycles. The van der Waals surface area contributed by atoms with E-state index in [0.717, 1.165) is 12.8 Å². The molecule has 154 valence electrons. The van der Waals surface area contributed by atoms with Crippen LogP contribution in [0, 0.1) is 0 Å². The molecule has 1 aromatic rings. The lowest BCUT2D eigenvalue weighted by Crippen LogP contribution is -2.50. The zero-order chi connectivity index (χ0) is 19.0. The van der Waals surface area contributed by atoms with Crippen molar-refractivity contribution in [3.8, 4) is 5.75 Å². The molecule has 0 bridgehead atoms. The first kappa shape index (κ1) is 24.1. The molecule has 0 atom stereocenters. The third-order valence-corrected chi connectivity index (χ3v) is 4.56. The normalized spacial score (nSPS) is 16.6.